The van der Waals surface area contributed by atoms with Crippen molar-refractivity contribution in [2.45, 2.75) is 51.0 Å². The van der Waals surface area contributed by atoms with Crippen molar-refractivity contribution in [3.8, 4) is 0 Å². The van der Waals surface area contributed by atoms with Gasteiger partial charge in [0.05, 0.1) is 17.8 Å². The van der Waals surface area contributed by atoms with E-state index in [0.717, 1.165) is 37.6 Å². The predicted octanol–water partition coefficient (Wildman–Crippen LogP) is 6.01. The van der Waals surface area contributed by atoms with E-state index in [-0.39, 0.29) is 17.8 Å². The molecule has 1 saturated heterocycles. The van der Waals surface area contributed by atoms with Gasteiger partial charge in [-0.05, 0) is 87.0 Å². The molecule has 0 radical (unpaired) electrons. The number of nitrogens with one attached hydrogen (secondary N) is 1. The first-order valence-corrected chi connectivity index (χ1v) is 10.5. The lowest BCUT2D eigenvalue weighted by molar-refractivity contribution is -0.137. The molecule has 1 N–H and O–H groups in total. The predicted molar refractivity (Wildman–Crippen MR) is 108 cm³/mol. The molecule has 1 saturated carbocycles. The van der Waals surface area contributed by atoms with Crippen LogP contribution < -0.4 is 5.32 Å². The second-order valence-electron chi connectivity index (χ2n) is 8.68. The molecule has 0 amide bonds. The Balaban J connectivity index is 1.60. The van der Waals surface area contributed by atoms with Crippen LogP contribution in [0.5, 0.6) is 0 Å². The van der Waals surface area contributed by atoms with Crippen molar-refractivity contribution < 1.29 is 22.3 Å². The maximum atomic E-state index is 13.5. The fourth-order valence-corrected chi connectivity index (χ4v) is 5.17. The summed E-state index contributed by atoms with van der Waals surface area (Å²) in [6.45, 7) is 5.33. The number of aryl methyl sites for hydroxylation is 1. The molecule has 0 spiro atoms. The molecule has 2 aromatic carbocycles. The molecule has 162 valence electrons. The summed E-state index contributed by atoms with van der Waals surface area (Å²) in [7, 11) is 0. The lowest BCUT2D eigenvalue weighted by Crippen LogP contribution is -2.38. The summed E-state index contributed by atoms with van der Waals surface area (Å²) < 4.78 is 59.7. The molecule has 2 aromatic rings. The van der Waals surface area contributed by atoms with Crippen molar-refractivity contribution in [2.24, 2.45) is 11.8 Å². The van der Waals surface area contributed by atoms with E-state index >= 15 is 0 Å². The number of rotatable bonds is 4. The third-order valence-corrected chi connectivity index (χ3v) is 6.61. The van der Waals surface area contributed by atoms with Gasteiger partial charge in [0, 0.05) is 5.92 Å². The van der Waals surface area contributed by atoms with Crippen LogP contribution in [0.1, 0.15) is 54.0 Å². The fraction of sp³-hybridized carbons (Fsp3) is 0.500. The normalized spacial score (nSPS) is 27.7. The molecule has 2 aliphatic rings. The molecule has 0 aromatic heterocycles. The third-order valence-electron chi connectivity index (χ3n) is 6.61. The van der Waals surface area contributed by atoms with Crippen LogP contribution in [0.15, 0.2) is 42.5 Å². The van der Waals surface area contributed by atoms with Crippen molar-refractivity contribution in [1.29, 1.82) is 0 Å². The molecule has 4 rings (SSSR count). The Morgan fingerprint density at radius 1 is 1.03 bits per heavy atom. The van der Waals surface area contributed by atoms with Crippen LogP contribution >= 0.6 is 0 Å². The van der Waals surface area contributed by atoms with E-state index in [1.807, 2.05) is 19.1 Å². The Kier molecular flexibility index (Phi) is 5.90. The van der Waals surface area contributed by atoms with Crippen LogP contribution in [-0.4, -0.2) is 19.2 Å². The SMILES string of the molecule is Cc1cc([C@H](C)O[C@H]2CC[C@H]3CNC[C@H]3[C@@H]2c2ccc(F)cc2)cc(C(F)(F)F)c1. The summed E-state index contributed by atoms with van der Waals surface area (Å²) in [5.74, 6) is 0.741. The highest BCUT2D eigenvalue weighted by Gasteiger charge is 2.43. The van der Waals surface area contributed by atoms with Gasteiger partial charge in [-0.3, -0.25) is 0 Å². The Labute approximate surface area is 174 Å². The van der Waals surface area contributed by atoms with Gasteiger partial charge < -0.3 is 10.1 Å². The van der Waals surface area contributed by atoms with Crippen LogP contribution in [0.25, 0.3) is 0 Å². The minimum Gasteiger partial charge on any atom is -0.370 e. The van der Waals surface area contributed by atoms with Crippen molar-refractivity contribution >= 4 is 0 Å². The molecule has 1 heterocycles. The number of benzene rings is 2. The lowest BCUT2D eigenvalue weighted by atomic mass is 9.69. The van der Waals surface area contributed by atoms with Gasteiger partial charge in [0.25, 0.3) is 0 Å². The van der Waals surface area contributed by atoms with E-state index in [0.29, 0.717) is 23.0 Å². The first kappa shape index (κ1) is 21.3. The van der Waals surface area contributed by atoms with Gasteiger partial charge in [-0.15, -0.1) is 0 Å². The Morgan fingerprint density at radius 3 is 2.47 bits per heavy atom. The first-order chi connectivity index (χ1) is 14.2. The van der Waals surface area contributed by atoms with Crippen molar-refractivity contribution in [3.05, 3.63) is 70.5 Å². The zero-order valence-corrected chi connectivity index (χ0v) is 17.2. The quantitative estimate of drug-likeness (QED) is 0.610. The summed E-state index contributed by atoms with van der Waals surface area (Å²) in [6.07, 6.45) is -3.11. The van der Waals surface area contributed by atoms with Crippen LogP contribution in [0.2, 0.25) is 0 Å². The third kappa shape index (κ3) is 4.40. The summed E-state index contributed by atoms with van der Waals surface area (Å²) in [6, 6.07) is 10.7. The largest absolute Gasteiger partial charge is 0.416 e. The highest BCUT2D eigenvalue weighted by molar-refractivity contribution is 5.32. The van der Waals surface area contributed by atoms with Gasteiger partial charge in [0.1, 0.15) is 5.82 Å². The van der Waals surface area contributed by atoms with Gasteiger partial charge in [0.2, 0.25) is 0 Å². The summed E-state index contributed by atoms with van der Waals surface area (Å²) in [5.41, 5.74) is 1.49. The van der Waals surface area contributed by atoms with E-state index in [9.17, 15) is 17.6 Å². The Hall–Kier alpha value is -1.92. The van der Waals surface area contributed by atoms with Crippen molar-refractivity contribution in [3.63, 3.8) is 0 Å². The van der Waals surface area contributed by atoms with Crippen LogP contribution in [0.3, 0.4) is 0 Å². The molecule has 0 unspecified atom stereocenters. The summed E-state index contributed by atoms with van der Waals surface area (Å²) in [5, 5.41) is 3.46. The smallest absolute Gasteiger partial charge is 0.370 e. The van der Waals surface area contributed by atoms with Gasteiger partial charge in [0.15, 0.2) is 0 Å². The van der Waals surface area contributed by atoms with Crippen molar-refractivity contribution in [1.82, 2.24) is 5.32 Å². The van der Waals surface area contributed by atoms with Gasteiger partial charge in [-0.1, -0.05) is 23.8 Å². The second-order valence-corrected chi connectivity index (χ2v) is 8.68. The monoisotopic (exact) mass is 421 g/mol. The summed E-state index contributed by atoms with van der Waals surface area (Å²) >= 11 is 0. The Morgan fingerprint density at radius 2 is 1.77 bits per heavy atom. The maximum absolute atomic E-state index is 13.5. The zero-order chi connectivity index (χ0) is 21.5. The maximum Gasteiger partial charge on any atom is 0.416 e. The van der Waals surface area contributed by atoms with Gasteiger partial charge >= 0.3 is 6.18 Å². The molecule has 1 aliphatic heterocycles. The first-order valence-electron chi connectivity index (χ1n) is 10.5. The van der Waals surface area contributed by atoms with Crippen LogP contribution in [0, 0.1) is 24.6 Å². The minimum atomic E-state index is -4.38. The van der Waals surface area contributed by atoms with Crippen LogP contribution in [-0.2, 0) is 10.9 Å². The standard InChI is InChI=1S/C24H27F4NO/c1-14-9-18(11-19(10-14)24(26,27)28)15(2)30-22-8-5-17-12-29-13-21(17)23(22)16-3-6-20(25)7-4-16/h3-4,6-7,9-11,15,17,21-23,29H,5,8,12-13H2,1-2H3/t15-,17-,21+,22-,23-/m0/s1. The molecular formula is C24H27F4NO. The number of hydrogen-bond acceptors (Lipinski definition) is 2. The van der Waals surface area contributed by atoms with E-state index in [4.69, 9.17) is 4.74 Å². The number of alkyl halides is 3. The van der Waals surface area contributed by atoms with Gasteiger partial charge in [-0.25, -0.2) is 4.39 Å². The van der Waals surface area contributed by atoms with Crippen LogP contribution in [0.4, 0.5) is 17.6 Å². The average Bonchev–Trinajstić information content (AvgIpc) is 3.16. The molecule has 30 heavy (non-hydrogen) atoms. The molecule has 1 aliphatic carbocycles. The van der Waals surface area contributed by atoms with E-state index in [1.165, 1.54) is 18.2 Å². The second kappa shape index (κ2) is 8.31. The molecule has 6 heteroatoms. The number of hydrogen-bond donors (Lipinski definition) is 1. The van der Waals surface area contributed by atoms with Crippen molar-refractivity contribution in [2.75, 3.05) is 13.1 Å². The zero-order valence-electron chi connectivity index (χ0n) is 17.2. The fourth-order valence-electron chi connectivity index (χ4n) is 5.17. The molecule has 0 bridgehead atoms. The minimum absolute atomic E-state index is 0.0914. The number of fused-ring (bicyclic) bond motifs is 1. The highest BCUT2D eigenvalue weighted by atomic mass is 19.4. The van der Waals surface area contributed by atoms with Gasteiger partial charge in [-0.2, -0.15) is 13.2 Å². The molecule has 5 atom stereocenters. The van der Waals surface area contributed by atoms with E-state index in [1.54, 1.807) is 13.0 Å². The Bertz CT molecular complexity index is 880. The molecule has 2 fully saturated rings. The number of halogens is 4. The summed E-state index contributed by atoms with van der Waals surface area (Å²) in [4.78, 5) is 0. The lowest BCUT2D eigenvalue weighted by Gasteiger charge is -2.41. The highest BCUT2D eigenvalue weighted by Crippen LogP contribution is 2.46. The topological polar surface area (TPSA) is 21.3 Å². The molecule has 2 nitrogen and oxygen atoms in total. The van der Waals surface area contributed by atoms with E-state index < -0.39 is 17.8 Å². The van der Waals surface area contributed by atoms with E-state index in [2.05, 4.69) is 5.32 Å². The molecular weight excluding hydrogens is 394 g/mol. The number of ether oxygens (including phenoxy) is 1. The average molecular weight is 421 g/mol.